The van der Waals surface area contributed by atoms with Crippen molar-refractivity contribution in [3.05, 3.63) is 0 Å². The van der Waals surface area contributed by atoms with Crippen molar-refractivity contribution in [2.45, 2.75) is 44.6 Å². The molecular weight excluding hydrogens is 329 g/mol. The molecule has 1 aliphatic heterocycles. The SMILES string of the molecule is CCNC(=NCC1(O)CCC1)N1CCCC1.I. The molecule has 1 saturated carbocycles. The van der Waals surface area contributed by atoms with Crippen LogP contribution in [0.4, 0.5) is 0 Å². The molecule has 0 amide bonds. The first-order valence-corrected chi connectivity index (χ1v) is 6.49. The van der Waals surface area contributed by atoms with Gasteiger partial charge < -0.3 is 15.3 Å². The summed E-state index contributed by atoms with van der Waals surface area (Å²) in [6.45, 7) is 5.75. The van der Waals surface area contributed by atoms with Crippen molar-refractivity contribution in [2.24, 2.45) is 4.99 Å². The average Bonchev–Trinajstić information content (AvgIpc) is 2.74. The Bertz CT molecular complexity index is 260. The molecule has 0 radical (unpaired) electrons. The Morgan fingerprint density at radius 2 is 1.94 bits per heavy atom. The third-order valence-electron chi connectivity index (χ3n) is 3.55. The van der Waals surface area contributed by atoms with Crippen LogP contribution in [-0.2, 0) is 0 Å². The fourth-order valence-corrected chi connectivity index (χ4v) is 2.32. The van der Waals surface area contributed by atoms with Crippen LogP contribution in [0.2, 0.25) is 0 Å². The van der Waals surface area contributed by atoms with Crippen LogP contribution in [0.1, 0.15) is 39.0 Å². The van der Waals surface area contributed by atoms with Crippen LogP contribution in [0.15, 0.2) is 4.99 Å². The topological polar surface area (TPSA) is 47.9 Å². The predicted molar refractivity (Wildman–Crippen MR) is 81.0 cm³/mol. The molecule has 2 aliphatic rings. The number of aliphatic hydroxyl groups is 1. The van der Waals surface area contributed by atoms with Gasteiger partial charge in [-0.15, -0.1) is 24.0 Å². The summed E-state index contributed by atoms with van der Waals surface area (Å²) in [6, 6.07) is 0. The fourth-order valence-electron chi connectivity index (χ4n) is 2.32. The third kappa shape index (κ3) is 3.98. The van der Waals surface area contributed by atoms with Gasteiger partial charge in [0.05, 0.1) is 12.1 Å². The van der Waals surface area contributed by atoms with Gasteiger partial charge in [0.15, 0.2) is 5.96 Å². The molecular formula is C12H24IN3O. The van der Waals surface area contributed by atoms with Crippen molar-refractivity contribution < 1.29 is 5.11 Å². The van der Waals surface area contributed by atoms with Crippen LogP contribution in [0.3, 0.4) is 0 Å². The second-order valence-corrected chi connectivity index (χ2v) is 4.94. The molecule has 100 valence electrons. The molecule has 2 fully saturated rings. The first kappa shape index (κ1) is 15.0. The smallest absolute Gasteiger partial charge is 0.194 e. The number of likely N-dealkylation sites (tertiary alicyclic amines) is 1. The predicted octanol–water partition coefficient (Wildman–Crippen LogP) is 1.58. The Balaban J connectivity index is 0.00000144. The Morgan fingerprint density at radius 3 is 2.41 bits per heavy atom. The largest absolute Gasteiger partial charge is 0.388 e. The molecule has 17 heavy (non-hydrogen) atoms. The minimum Gasteiger partial charge on any atom is -0.388 e. The Hall–Kier alpha value is -0.0400. The van der Waals surface area contributed by atoms with Crippen molar-refractivity contribution in [3.8, 4) is 0 Å². The van der Waals surface area contributed by atoms with E-state index in [1.165, 1.54) is 12.8 Å². The highest BCUT2D eigenvalue weighted by Crippen LogP contribution is 2.31. The summed E-state index contributed by atoms with van der Waals surface area (Å²) >= 11 is 0. The summed E-state index contributed by atoms with van der Waals surface area (Å²) in [5, 5.41) is 13.3. The van der Waals surface area contributed by atoms with Crippen molar-refractivity contribution in [1.29, 1.82) is 0 Å². The number of hydrogen-bond acceptors (Lipinski definition) is 2. The molecule has 0 spiro atoms. The van der Waals surface area contributed by atoms with Crippen LogP contribution >= 0.6 is 24.0 Å². The zero-order valence-electron chi connectivity index (χ0n) is 10.6. The van der Waals surface area contributed by atoms with Crippen LogP contribution < -0.4 is 5.32 Å². The second-order valence-electron chi connectivity index (χ2n) is 4.94. The number of hydrogen-bond donors (Lipinski definition) is 2. The van der Waals surface area contributed by atoms with E-state index in [9.17, 15) is 5.11 Å². The highest BCUT2D eigenvalue weighted by atomic mass is 127. The Kier molecular flexibility index (Phi) is 5.99. The number of aliphatic imine (C=N–C) groups is 1. The van der Waals surface area contributed by atoms with E-state index in [4.69, 9.17) is 0 Å². The molecule has 1 heterocycles. The quantitative estimate of drug-likeness (QED) is 0.460. The molecule has 1 saturated heterocycles. The van der Waals surface area contributed by atoms with Gasteiger partial charge >= 0.3 is 0 Å². The molecule has 0 aromatic rings. The molecule has 0 bridgehead atoms. The van der Waals surface area contributed by atoms with Crippen molar-refractivity contribution >= 4 is 29.9 Å². The lowest BCUT2D eigenvalue weighted by molar-refractivity contribution is -0.0237. The molecule has 1 aliphatic carbocycles. The van der Waals surface area contributed by atoms with E-state index < -0.39 is 5.60 Å². The van der Waals surface area contributed by atoms with Gasteiger partial charge in [-0.1, -0.05) is 0 Å². The summed E-state index contributed by atoms with van der Waals surface area (Å²) in [7, 11) is 0. The highest BCUT2D eigenvalue weighted by molar-refractivity contribution is 14.0. The van der Waals surface area contributed by atoms with Crippen LogP contribution in [-0.4, -0.2) is 47.7 Å². The molecule has 0 aromatic heterocycles. The highest BCUT2D eigenvalue weighted by Gasteiger charge is 2.34. The van der Waals surface area contributed by atoms with Gasteiger partial charge in [0.2, 0.25) is 0 Å². The maximum Gasteiger partial charge on any atom is 0.194 e. The summed E-state index contributed by atoms with van der Waals surface area (Å²) in [4.78, 5) is 6.87. The van der Waals surface area contributed by atoms with Crippen LogP contribution in [0.5, 0.6) is 0 Å². The van der Waals surface area contributed by atoms with Gasteiger partial charge in [-0.25, -0.2) is 0 Å². The maximum absolute atomic E-state index is 10.0. The van der Waals surface area contributed by atoms with E-state index in [0.29, 0.717) is 6.54 Å². The molecule has 0 atom stereocenters. The maximum atomic E-state index is 10.0. The van der Waals surface area contributed by atoms with Gasteiger partial charge in [0.1, 0.15) is 0 Å². The Labute approximate surface area is 121 Å². The average molecular weight is 353 g/mol. The van der Waals surface area contributed by atoms with Gasteiger partial charge in [-0.3, -0.25) is 4.99 Å². The van der Waals surface area contributed by atoms with Gasteiger partial charge in [0.25, 0.3) is 0 Å². The fraction of sp³-hybridized carbons (Fsp3) is 0.917. The van der Waals surface area contributed by atoms with E-state index >= 15 is 0 Å². The zero-order valence-corrected chi connectivity index (χ0v) is 12.9. The van der Waals surface area contributed by atoms with E-state index in [-0.39, 0.29) is 24.0 Å². The molecule has 2 rings (SSSR count). The van der Waals surface area contributed by atoms with Crippen molar-refractivity contribution in [2.75, 3.05) is 26.2 Å². The first-order chi connectivity index (χ1) is 7.73. The van der Waals surface area contributed by atoms with Gasteiger partial charge in [0, 0.05) is 19.6 Å². The standard InChI is InChI=1S/C12H23N3O.HI/c1-2-13-11(15-8-3-4-9-15)14-10-12(16)6-5-7-12;/h16H,2-10H2,1H3,(H,13,14);1H. The number of halogens is 1. The van der Waals surface area contributed by atoms with Crippen molar-refractivity contribution in [3.63, 3.8) is 0 Å². The summed E-state index contributed by atoms with van der Waals surface area (Å²) in [6.07, 6.45) is 5.49. The summed E-state index contributed by atoms with van der Waals surface area (Å²) < 4.78 is 0. The van der Waals surface area contributed by atoms with Gasteiger partial charge in [-0.2, -0.15) is 0 Å². The number of nitrogens with one attached hydrogen (secondary N) is 1. The van der Waals surface area contributed by atoms with Crippen LogP contribution in [0.25, 0.3) is 0 Å². The number of nitrogens with zero attached hydrogens (tertiary/aromatic N) is 2. The summed E-state index contributed by atoms with van der Waals surface area (Å²) in [5.74, 6) is 0.986. The van der Waals surface area contributed by atoms with Gasteiger partial charge in [-0.05, 0) is 39.0 Å². The molecule has 2 N–H and O–H groups in total. The van der Waals surface area contributed by atoms with E-state index in [0.717, 1.165) is 44.9 Å². The van der Waals surface area contributed by atoms with Crippen LogP contribution in [0, 0.1) is 0 Å². The lowest BCUT2D eigenvalue weighted by atomic mass is 9.80. The molecule has 0 unspecified atom stereocenters. The lowest BCUT2D eigenvalue weighted by Crippen LogP contribution is -2.44. The van der Waals surface area contributed by atoms with E-state index in [2.05, 4.69) is 22.1 Å². The van der Waals surface area contributed by atoms with E-state index in [1.807, 2.05) is 0 Å². The monoisotopic (exact) mass is 353 g/mol. The zero-order chi connectivity index (χ0) is 11.4. The molecule has 0 aromatic carbocycles. The molecule has 5 heteroatoms. The minimum atomic E-state index is -0.500. The first-order valence-electron chi connectivity index (χ1n) is 6.49. The van der Waals surface area contributed by atoms with E-state index in [1.54, 1.807) is 0 Å². The van der Waals surface area contributed by atoms with Crippen molar-refractivity contribution in [1.82, 2.24) is 10.2 Å². The number of guanidine groups is 1. The molecule has 4 nitrogen and oxygen atoms in total. The lowest BCUT2D eigenvalue weighted by Gasteiger charge is -2.35. The Morgan fingerprint density at radius 1 is 1.29 bits per heavy atom. The number of rotatable bonds is 3. The third-order valence-corrected chi connectivity index (χ3v) is 3.55. The summed E-state index contributed by atoms with van der Waals surface area (Å²) in [5.41, 5.74) is -0.500. The minimum absolute atomic E-state index is 0. The second kappa shape index (κ2) is 6.78. The normalized spacial score (nSPS) is 22.9.